The summed E-state index contributed by atoms with van der Waals surface area (Å²) in [6.07, 6.45) is 3.23. The Morgan fingerprint density at radius 3 is 2.34 bits per heavy atom. The Morgan fingerprint density at radius 2 is 1.69 bits per heavy atom. The molecule has 3 rings (SSSR count). The molecule has 0 atom stereocenters. The van der Waals surface area contributed by atoms with Crippen molar-refractivity contribution in [1.82, 2.24) is 4.98 Å². The molecular formula is C28H36N2O4S. The van der Waals surface area contributed by atoms with Crippen LogP contribution in [-0.2, 0) is 9.53 Å². The van der Waals surface area contributed by atoms with Crippen molar-refractivity contribution in [2.45, 2.75) is 70.4 Å². The lowest BCUT2D eigenvalue weighted by atomic mass is 9.92. The Hall–Kier alpha value is -2.64. The fourth-order valence-electron chi connectivity index (χ4n) is 4.04. The summed E-state index contributed by atoms with van der Waals surface area (Å²) in [6, 6.07) is 11.7. The second-order valence-corrected chi connectivity index (χ2v) is 10.4. The number of hydrogen-bond acceptors (Lipinski definition) is 6. The Morgan fingerprint density at radius 1 is 1.00 bits per heavy atom. The zero-order chi connectivity index (χ0) is 25.4. The van der Waals surface area contributed by atoms with Gasteiger partial charge in [0.25, 0.3) is 5.22 Å². The average Bonchev–Trinajstić information content (AvgIpc) is 3.24. The maximum Gasteiger partial charge on any atom is 0.256 e. The quantitative estimate of drug-likeness (QED) is 0.153. The van der Waals surface area contributed by atoms with Gasteiger partial charge >= 0.3 is 0 Å². The lowest BCUT2D eigenvalue weighted by Crippen LogP contribution is -2.15. The van der Waals surface area contributed by atoms with Crippen LogP contribution in [-0.4, -0.2) is 36.1 Å². The summed E-state index contributed by atoms with van der Waals surface area (Å²) in [6.45, 7) is 8.63. The van der Waals surface area contributed by atoms with E-state index in [0.717, 1.165) is 30.7 Å². The monoisotopic (exact) mass is 496 g/mol. The summed E-state index contributed by atoms with van der Waals surface area (Å²) in [4.78, 5) is 29.4. The number of nitrogens with one attached hydrogen (secondary N) is 1. The average molecular weight is 497 g/mol. The van der Waals surface area contributed by atoms with Gasteiger partial charge in [-0.05, 0) is 47.9 Å². The second kappa shape index (κ2) is 12.9. The summed E-state index contributed by atoms with van der Waals surface area (Å²) in [5.74, 6) is 1.48. The molecule has 0 aliphatic carbocycles. The molecule has 0 aliphatic rings. The molecule has 2 aromatic carbocycles. The van der Waals surface area contributed by atoms with Gasteiger partial charge in [0.05, 0.1) is 5.56 Å². The van der Waals surface area contributed by atoms with Gasteiger partial charge in [-0.1, -0.05) is 70.1 Å². The van der Waals surface area contributed by atoms with Crippen LogP contribution < -0.4 is 5.32 Å². The Kier molecular flexibility index (Phi) is 9.93. The number of ether oxygens (including phenoxy) is 1. The molecule has 1 amide bonds. The number of carbonyl (C=O) groups is 2. The van der Waals surface area contributed by atoms with E-state index in [-0.39, 0.29) is 18.3 Å². The number of oxazole rings is 1. The van der Waals surface area contributed by atoms with Crippen LogP contribution in [0.5, 0.6) is 0 Å². The van der Waals surface area contributed by atoms with E-state index in [1.54, 1.807) is 12.1 Å². The number of nitrogens with zero attached hydrogens (tertiary/aromatic N) is 1. The highest BCUT2D eigenvalue weighted by molar-refractivity contribution is 7.99. The molecule has 3 aromatic rings. The number of thioether (sulfide) groups is 1. The summed E-state index contributed by atoms with van der Waals surface area (Å²) >= 11 is 1.53. The van der Waals surface area contributed by atoms with Gasteiger partial charge in [-0.3, -0.25) is 9.59 Å². The van der Waals surface area contributed by atoms with Crippen molar-refractivity contribution in [2.24, 2.45) is 0 Å². The number of carbonyl (C=O) groups excluding carboxylic acids is 2. The van der Waals surface area contributed by atoms with Crippen LogP contribution >= 0.6 is 11.8 Å². The minimum Gasteiger partial charge on any atom is -0.431 e. The normalized spacial score (nSPS) is 11.5. The zero-order valence-corrected chi connectivity index (χ0v) is 22.2. The van der Waals surface area contributed by atoms with Crippen LogP contribution in [0.4, 0.5) is 5.69 Å². The van der Waals surface area contributed by atoms with Gasteiger partial charge in [-0.2, -0.15) is 0 Å². The van der Waals surface area contributed by atoms with Crippen molar-refractivity contribution in [1.29, 1.82) is 0 Å². The smallest absolute Gasteiger partial charge is 0.256 e. The van der Waals surface area contributed by atoms with E-state index >= 15 is 0 Å². The third-order valence-corrected chi connectivity index (χ3v) is 6.80. The fraction of sp³-hybridized carbons (Fsp3) is 0.464. The molecule has 6 nitrogen and oxygen atoms in total. The van der Waals surface area contributed by atoms with Crippen molar-refractivity contribution >= 4 is 40.2 Å². The van der Waals surface area contributed by atoms with Crippen LogP contribution in [0.3, 0.4) is 0 Å². The van der Waals surface area contributed by atoms with Crippen molar-refractivity contribution in [3.8, 4) is 0 Å². The van der Waals surface area contributed by atoms with E-state index in [0.29, 0.717) is 40.1 Å². The van der Waals surface area contributed by atoms with E-state index in [1.807, 2.05) is 6.07 Å². The highest BCUT2D eigenvalue weighted by atomic mass is 32.2. The van der Waals surface area contributed by atoms with E-state index in [9.17, 15) is 9.59 Å². The van der Waals surface area contributed by atoms with E-state index in [2.05, 4.69) is 56.2 Å². The lowest BCUT2D eigenvalue weighted by Gasteiger charge is -2.20. The molecule has 0 radical (unpaired) electrons. The van der Waals surface area contributed by atoms with E-state index < -0.39 is 0 Å². The van der Waals surface area contributed by atoms with Crippen LogP contribution in [0.2, 0.25) is 0 Å². The standard InChI is InChI=1S/C28H36N2O4S/c1-18(2)20-11-9-12-21(19(3)4)26(20)30-25(32)15-7-6-8-16-35-28-29-23-14-10-13-22(27(23)34-28)24(31)17-33-5/h9-14,18-19H,6-8,15-17H2,1-5H3,(H,30,32). The number of fused-ring (bicyclic) bond motifs is 1. The van der Waals surface area contributed by atoms with Gasteiger partial charge in [-0.15, -0.1) is 0 Å². The summed E-state index contributed by atoms with van der Waals surface area (Å²) in [5.41, 5.74) is 5.04. The van der Waals surface area contributed by atoms with Gasteiger partial charge in [-0.25, -0.2) is 4.98 Å². The molecule has 1 heterocycles. The predicted octanol–water partition coefficient (Wildman–Crippen LogP) is 7.19. The summed E-state index contributed by atoms with van der Waals surface area (Å²) in [5, 5.41) is 3.75. The number of rotatable bonds is 13. The van der Waals surface area contributed by atoms with Crippen molar-refractivity contribution in [2.75, 3.05) is 24.8 Å². The van der Waals surface area contributed by atoms with Crippen LogP contribution in [0.25, 0.3) is 11.1 Å². The Bertz CT molecular complexity index is 1130. The number of para-hydroxylation sites is 2. The molecule has 35 heavy (non-hydrogen) atoms. The first-order valence-electron chi connectivity index (χ1n) is 12.3. The first-order valence-corrected chi connectivity index (χ1v) is 13.3. The van der Waals surface area contributed by atoms with Gasteiger partial charge in [0.2, 0.25) is 5.91 Å². The number of unbranched alkanes of at least 4 members (excludes halogenated alkanes) is 2. The zero-order valence-electron chi connectivity index (χ0n) is 21.3. The SMILES string of the molecule is COCC(=O)c1cccc2nc(SCCCCCC(=O)Nc3c(C(C)C)cccc3C(C)C)oc12. The molecule has 0 bridgehead atoms. The number of methoxy groups -OCH3 is 1. The highest BCUT2D eigenvalue weighted by Gasteiger charge is 2.17. The number of ketones is 1. The molecule has 188 valence electrons. The Balaban J connectivity index is 1.46. The second-order valence-electron chi connectivity index (χ2n) is 9.32. The van der Waals surface area contributed by atoms with Crippen LogP contribution in [0.15, 0.2) is 46.0 Å². The van der Waals surface area contributed by atoms with Gasteiger partial charge in [0.1, 0.15) is 12.1 Å². The fourth-order valence-corrected chi connectivity index (χ4v) is 4.87. The maximum absolute atomic E-state index is 12.7. The maximum atomic E-state index is 12.7. The number of benzene rings is 2. The third-order valence-electron chi connectivity index (χ3n) is 5.88. The molecule has 0 unspecified atom stereocenters. The lowest BCUT2D eigenvalue weighted by molar-refractivity contribution is -0.116. The molecule has 1 aromatic heterocycles. The Labute approximate surface area is 212 Å². The number of anilines is 1. The predicted molar refractivity (Wildman–Crippen MR) is 143 cm³/mol. The van der Waals surface area contributed by atoms with Crippen LogP contribution in [0, 0.1) is 0 Å². The van der Waals surface area contributed by atoms with Crippen molar-refractivity contribution in [3.05, 3.63) is 53.1 Å². The molecule has 0 aliphatic heterocycles. The van der Waals surface area contributed by atoms with E-state index in [1.165, 1.54) is 30.0 Å². The number of Topliss-reactive ketones (excluding diaryl/α,β-unsaturated/α-hetero) is 1. The molecule has 1 N–H and O–H groups in total. The number of amides is 1. The van der Waals surface area contributed by atoms with Gasteiger partial charge < -0.3 is 14.5 Å². The third kappa shape index (κ3) is 7.18. The molecule has 0 saturated heterocycles. The molecule has 0 saturated carbocycles. The largest absolute Gasteiger partial charge is 0.431 e. The number of aromatic nitrogens is 1. The van der Waals surface area contributed by atoms with E-state index in [4.69, 9.17) is 9.15 Å². The van der Waals surface area contributed by atoms with Crippen LogP contribution in [0.1, 0.15) is 86.7 Å². The summed E-state index contributed by atoms with van der Waals surface area (Å²) in [7, 11) is 1.50. The summed E-state index contributed by atoms with van der Waals surface area (Å²) < 4.78 is 10.8. The molecule has 0 spiro atoms. The van der Waals surface area contributed by atoms with Gasteiger partial charge in [0, 0.05) is 25.0 Å². The van der Waals surface area contributed by atoms with Gasteiger partial charge in [0.15, 0.2) is 11.4 Å². The molecule has 0 fully saturated rings. The molecular weight excluding hydrogens is 460 g/mol. The minimum atomic E-state index is -0.124. The molecule has 7 heteroatoms. The van der Waals surface area contributed by atoms with Crippen molar-refractivity contribution in [3.63, 3.8) is 0 Å². The highest BCUT2D eigenvalue weighted by Crippen LogP contribution is 2.32. The van der Waals surface area contributed by atoms with Crippen molar-refractivity contribution < 1.29 is 18.7 Å². The number of hydrogen-bond donors (Lipinski definition) is 1. The first kappa shape index (κ1) is 27.0. The minimum absolute atomic E-state index is 0.0116. The first-order chi connectivity index (χ1) is 16.8. The topological polar surface area (TPSA) is 81.4 Å².